The highest BCUT2D eigenvalue weighted by Gasteiger charge is 2.46. The molecule has 2 N–H and O–H groups in total. The molecule has 4 unspecified atom stereocenters. The number of nitrogens with zero attached hydrogens (tertiary/aromatic N) is 7. The fraction of sp³-hybridized carbons (Fsp3) is 0.516. The summed E-state index contributed by atoms with van der Waals surface area (Å²) in [6.07, 6.45) is 12.7. The van der Waals surface area contributed by atoms with E-state index in [0.29, 0.717) is 35.3 Å². The van der Waals surface area contributed by atoms with Gasteiger partial charge in [-0.15, -0.1) is 0 Å². The van der Waals surface area contributed by atoms with Gasteiger partial charge in [0.25, 0.3) is 0 Å². The number of amides is 1. The smallest absolute Gasteiger partial charge is 0.408 e. The molecule has 0 spiro atoms. The lowest BCUT2D eigenvalue weighted by molar-refractivity contribution is 0.0380. The Morgan fingerprint density at radius 1 is 1.21 bits per heavy atom. The van der Waals surface area contributed by atoms with Gasteiger partial charge in [0.15, 0.2) is 0 Å². The zero-order chi connectivity index (χ0) is 29.8. The molecule has 2 fully saturated rings. The highest BCUT2D eigenvalue weighted by Crippen LogP contribution is 2.44. The molecule has 11 heteroatoms. The summed E-state index contributed by atoms with van der Waals surface area (Å²) in [6.45, 7) is 10.7. The van der Waals surface area contributed by atoms with Crippen LogP contribution in [0.1, 0.15) is 71.4 Å². The molecule has 0 radical (unpaired) electrons. The number of pyridine rings is 1. The Kier molecular flexibility index (Phi) is 6.84. The van der Waals surface area contributed by atoms with E-state index in [-0.39, 0.29) is 17.7 Å². The summed E-state index contributed by atoms with van der Waals surface area (Å²) in [5.74, 6) is 1.34. The van der Waals surface area contributed by atoms with Crippen LogP contribution in [0.25, 0.3) is 22.3 Å². The van der Waals surface area contributed by atoms with Crippen molar-refractivity contribution in [2.24, 2.45) is 5.92 Å². The van der Waals surface area contributed by atoms with E-state index < -0.39 is 5.60 Å². The molecule has 1 saturated heterocycles. The van der Waals surface area contributed by atoms with Crippen LogP contribution in [0.3, 0.4) is 0 Å². The third kappa shape index (κ3) is 5.39. The summed E-state index contributed by atoms with van der Waals surface area (Å²) in [6, 6.07) is 4.86. The number of nitriles is 1. The highest BCUT2D eigenvalue weighted by molar-refractivity contribution is 5.85. The van der Waals surface area contributed by atoms with Gasteiger partial charge in [-0.3, -0.25) is 4.98 Å². The number of fused-ring (bicyclic) bond motifs is 3. The predicted molar refractivity (Wildman–Crippen MR) is 160 cm³/mol. The number of carbonyl (C=O) groups is 1. The van der Waals surface area contributed by atoms with Crippen LogP contribution in [-0.4, -0.2) is 67.5 Å². The van der Waals surface area contributed by atoms with Gasteiger partial charge in [-0.2, -0.15) is 10.4 Å². The Balaban J connectivity index is 1.29. The van der Waals surface area contributed by atoms with Gasteiger partial charge in [0.2, 0.25) is 0 Å². The zero-order valence-corrected chi connectivity index (χ0v) is 25.2. The summed E-state index contributed by atoms with van der Waals surface area (Å²) in [5, 5.41) is 19.4. The number of anilines is 1. The quantitative estimate of drug-likeness (QED) is 0.467. The lowest BCUT2D eigenvalue weighted by Gasteiger charge is -2.53. The fourth-order valence-electron chi connectivity index (χ4n) is 7.08. The van der Waals surface area contributed by atoms with Crippen LogP contribution in [0.5, 0.6) is 0 Å². The van der Waals surface area contributed by atoms with Crippen molar-refractivity contribution < 1.29 is 9.53 Å². The van der Waals surface area contributed by atoms with E-state index >= 15 is 0 Å². The van der Waals surface area contributed by atoms with E-state index in [2.05, 4.69) is 52.9 Å². The number of rotatable bonds is 4. The van der Waals surface area contributed by atoms with Gasteiger partial charge < -0.3 is 20.0 Å². The predicted octanol–water partition coefficient (Wildman–Crippen LogP) is 4.50. The van der Waals surface area contributed by atoms with Crippen molar-refractivity contribution in [3.8, 4) is 17.3 Å². The van der Waals surface area contributed by atoms with Gasteiger partial charge >= 0.3 is 6.09 Å². The molecule has 220 valence electrons. The van der Waals surface area contributed by atoms with Crippen LogP contribution in [0.15, 0.2) is 37.1 Å². The summed E-state index contributed by atoms with van der Waals surface area (Å²) >= 11 is 0. The number of nitrogens with one attached hydrogen (secondary N) is 2. The number of hydrogen-bond acceptors (Lipinski definition) is 9. The van der Waals surface area contributed by atoms with Crippen molar-refractivity contribution >= 4 is 23.0 Å². The largest absolute Gasteiger partial charge is 0.444 e. The van der Waals surface area contributed by atoms with Crippen molar-refractivity contribution in [3.63, 3.8) is 0 Å². The second-order valence-corrected chi connectivity index (χ2v) is 13.3. The van der Waals surface area contributed by atoms with Crippen molar-refractivity contribution in [3.05, 3.63) is 48.2 Å². The number of ether oxygens (including phenoxy) is 1. The van der Waals surface area contributed by atoms with E-state index in [1.807, 2.05) is 45.2 Å². The third-order valence-corrected chi connectivity index (χ3v) is 8.53. The Hall–Kier alpha value is -4.17. The SMILES string of the molecule is CC1CC2CC(CC(C)(NC(=O)OC(C)(C)C)C2)N1c1cnc(-c2cc(C3=CN(C)NC3)cn3ncc(C#N)c23)cn1. The van der Waals surface area contributed by atoms with Crippen LogP contribution in [-0.2, 0) is 4.74 Å². The molecule has 0 aromatic carbocycles. The summed E-state index contributed by atoms with van der Waals surface area (Å²) in [5.41, 5.74) is 7.21. The first-order chi connectivity index (χ1) is 19.9. The number of carbonyl (C=O) groups excluding carboxylic acids is 1. The molecule has 2 aliphatic heterocycles. The van der Waals surface area contributed by atoms with Crippen molar-refractivity contribution in [2.75, 3.05) is 18.5 Å². The van der Waals surface area contributed by atoms with Gasteiger partial charge in [-0.05, 0) is 83.4 Å². The Bertz CT molecular complexity index is 1580. The number of piperidine rings is 1. The first-order valence-electron chi connectivity index (χ1n) is 14.6. The molecule has 2 bridgehead atoms. The Labute approximate surface area is 246 Å². The Morgan fingerprint density at radius 3 is 2.69 bits per heavy atom. The first-order valence-corrected chi connectivity index (χ1v) is 14.6. The lowest BCUT2D eigenvalue weighted by atomic mass is 9.69. The van der Waals surface area contributed by atoms with Gasteiger partial charge in [0, 0.05) is 49.2 Å². The third-order valence-electron chi connectivity index (χ3n) is 8.53. The maximum Gasteiger partial charge on any atom is 0.408 e. The van der Waals surface area contributed by atoms with Crippen molar-refractivity contribution in [1.29, 1.82) is 5.26 Å². The van der Waals surface area contributed by atoms with E-state index in [1.165, 1.54) is 0 Å². The van der Waals surface area contributed by atoms with Crippen LogP contribution in [0.4, 0.5) is 10.6 Å². The molecule has 42 heavy (non-hydrogen) atoms. The van der Waals surface area contributed by atoms with E-state index in [4.69, 9.17) is 14.7 Å². The Morgan fingerprint density at radius 2 is 2.02 bits per heavy atom. The number of hydrazine groups is 1. The molecule has 4 atom stereocenters. The zero-order valence-electron chi connectivity index (χ0n) is 25.2. The van der Waals surface area contributed by atoms with Crippen molar-refractivity contribution in [2.45, 2.75) is 83.5 Å². The van der Waals surface area contributed by atoms with Gasteiger partial charge in [0.1, 0.15) is 17.5 Å². The van der Waals surface area contributed by atoms with Crippen LogP contribution >= 0.6 is 0 Å². The molecular weight excluding hydrogens is 530 g/mol. The van der Waals surface area contributed by atoms with Crippen molar-refractivity contribution in [1.82, 2.24) is 35.3 Å². The molecule has 11 nitrogen and oxygen atoms in total. The number of hydrogen-bond donors (Lipinski definition) is 2. The molecule has 3 aromatic heterocycles. The monoisotopic (exact) mass is 569 g/mol. The van der Waals surface area contributed by atoms with Crippen LogP contribution in [0.2, 0.25) is 0 Å². The van der Waals surface area contributed by atoms with Gasteiger partial charge in [0.05, 0.1) is 35.4 Å². The summed E-state index contributed by atoms with van der Waals surface area (Å²) < 4.78 is 7.34. The van der Waals surface area contributed by atoms with E-state index in [0.717, 1.165) is 48.2 Å². The minimum Gasteiger partial charge on any atom is -0.444 e. The van der Waals surface area contributed by atoms with Crippen LogP contribution < -0.4 is 15.6 Å². The van der Waals surface area contributed by atoms with E-state index in [9.17, 15) is 10.1 Å². The molecular formula is C31H39N9O2. The number of alkyl carbamates (subject to hydrolysis) is 1. The standard InChI is InChI=1S/C31H39N9O2/c1-19-7-20-8-24(11-31(5,10-20)37-29(41)42-30(2,3)4)40(19)27-16-33-26(15-34-27)25-9-21(23-14-35-38(6)17-23)18-39-28(25)22(12-32)13-36-39/h9,13,15-20,24,35H,7-8,10-11,14H2,1-6H3,(H,37,41). The maximum atomic E-state index is 12.7. The molecule has 1 saturated carbocycles. The second-order valence-electron chi connectivity index (χ2n) is 13.3. The maximum absolute atomic E-state index is 12.7. The molecule has 3 aliphatic rings. The molecule has 1 aliphatic carbocycles. The average molecular weight is 570 g/mol. The fourth-order valence-corrected chi connectivity index (χ4v) is 7.08. The van der Waals surface area contributed by atoms with Gasteiger partial charge in [-0.1, -0.05) is 0 Å². The highest BCUT2D eigenvalue weighted by atomic mass is 16.6. The van der Waals surface area contributed by atoms with Gasteiger partial charge in [-0.25, -0.2) is 19.7 Å². The molecule has 6 rings (SSSR count). The molecule has 3 aromatic rings. The summed E-state index contributed by atoms with van der Waals surface area (Å²) in [4.78, 5) is 24.9. The average Bonchev–Trinajstić information content (AvgIpc) is 3.52. The molecule has 5 heterocycles. The lowest BCUT2D eigenvalue weighted by Crippen LogP contribution is -2.61. The number of aromatic nitrogens is 4. The topological polar surface area (TPSA) is 124 Å². The minimum absolute atomic E-state index is 0.224. The summed E-state index contributed by atoms with van der Waals surface area (Å²) in [7, 11) is 1.96. The van der Waals surface area contributed by atoms with Crippen LogP contribution in [0, 0.1) is 17.2 Å². The molecule has 1 amide bonds. The minimum atomic E-state index is -0.541. The van der Waals surface area contributed by atoms with E-state index in [1.54, 1.807) is 16.9 Å². The normalized spacial score (nSPS) is 25.7. The second kappa shape index (κ2) is 10.3. The first kappa shape index (κ1) is 28.0.